The average molecular weight is 456 g/mol. The monoisotopic (exact) mass is 455 g/mol. The molecule has 0 saturated carbocycles. The second kappa shape index (κ2) is 10.5. The predicted molar refractivity (Wildman–Crippen MR) is 120 cm³/mol. The van der Waals surface area contributed by atoms with Gasteiger partial charge in [-0.25, -0.2) is 9.18 Å². The van der Waals surface area contributed by atoms with E-state index in [0.29, 0.717) is 53.6 Å². The van der Waals surface area contributed by atoms with E-state index < -0.39 is 17.3 Å². The van der Waals surface area contributed by atoms with Crippen LogP contribution in [0.15, 0.2) is 23.2 Å². The normalized spacial score (nSPS) is 25.5. The number of thiocarbonyl (C=S) groups is 1. The number of aliphatic imine (C=N–C) groups is 1. The van der Waals surface area contributed by atoms with E-state index in [1.54, 1.807) is 12.1 Å². The van der Waals surface area contributed by atoms with Gasteiger partial charge in [0.25, 0.3) is 0 Å². The van der Waals surface area contributed by atoms with Crippen LogP contribution in [0.2, 0.25) is 0 Å². The molecule has 0 spiro atoms. The summed E-state index contributed by atoms with van der Waals surface area (Å²) in [6, 6.07) is 4.64. The Hall–Kier alpha value is -1.75. The Kier molecular flexibility index (Phi) is 8.04. The summed E-state index contributed by atoms with van der Waals surface area (Å²) in [6.07, 6.45) is 0.460. The third-order valence-electron chi connectivity index (χ3n) is 5.08. The third-order valence-corrected chi connectivity index (χ3v) is 6.54. The van der Waals surface area contributed by atoms with Crippen molar-refractivity contribution >= 4 is 46.5 Å². The predicted octanol–water partition coefficient (Wildman–Crippen LogP) is 2.45. The Morgan fingerprint density at radius 2 is 2.30 bits per heavy atom. The minimum absolute atomic E-state index is 0.134. The molecule has 164 valence electrons. The molecule has 2 aliphatic rings. The van der Waals surface area contributed by atoms with Crippen molar-refractivity contribution in [2.24, 2.45) is 4.99 Å². The maximum atomic E-state index is 15.0. The number of hydrogen-bond acceptors (Lipinski definition) is 7. The first-order valence-electron chi connectivity index (χ1n) is 9.93. The van der Waals surface area contributed by atoms with Gasteiger partial charge in [-0.1, -0.05) is 25.2 Å². The number of aliphatic hydroxyl groups excluding tert-OH is 2. The van der Waals surface area contributed by atoms with Crippen LogP contribution >= 0.6 is 24.0 Å². The molecule has 1 aromatic rings. The Morgan fingerprint density at radius 1 is 1.50 bits per heavy atom. The van der Waals surface area contributed by atoms with Crippen LogP contribution in [0.4, 0.5) is 14.9 Å². The van der Waals surface area contributed by atoms with Crippen LogP contribution in [0.3, 0.4) is 0 Å². The zero-order chi connectivity index (χ0) is 21.7. The Bertz CT molecular complexity index is 823. The van der Waals surface area contributed by atoms with Crippen molar-refractivity contribution in [3.63, 3.8) is 0 Å². The molecule has 3 N–H and O–H groups in total. The van der Waals surface area contributed by atoms with E-state index in [1.165, 1.54) is 22.7 Å². The van der Waals surface area contributed by atoms with Gasteiger partial charge in [-0.05, 0) is 36.3 Å². The van der Waals surface area contributed by atoms with Gasteiger partial charge in [-0.3, -0.25) is 9.89 Å². The van der Waals surface area contributed by atoms with E-state index in [0.717, 1.165) is 0 Å². The Balaban J connectivity index is 1.75. The highest BCUT2D eigenvalue weighted by molar-refractivity contribution is 8.00. The molecular formula is C20H26FN3O4S2. The number of halogens is 1. The van der Waals surface area contributed by atoms with E-state index in [2.05, 4.69) is 10.3 Å². The number of cyclic esters (lactones) is 1. The molecule has 0 aliphatic carbocycles. The molecule has 10 heteroatoms. The highest BCUT2D eigenvalue weighted by Gasteiger charge is 2.34. The Labute approximate surface area is 184 Å². The zero-order valence-corrected chi connectivity index (χ0v) is 18.3. The van der Waals surface area contributed by atoms with Crippen LogP contribution in [-0.4, -0.2) is 70.5 Å². The molecule has 7 nitrogen and oxygen atoms in total. The van der Waals surface area contributed by atoms with Crippen molar-refractivity contribution in [1.82, 2.24) is 5.32 Å². The summed E-state index contributed by atoms with van der Waals surface area (Å²) in [6.45, 7) is 2.69. The highest BCUT2D eigenvalue weighted by Crippen LogP contribution is 2.36. The summed E-state index contributed by atoms with van der Waals surface area (Å²) in [5.41, 5.74) is 0.506. The molecule has 0 radical (unpaired) electrons. The summed E-state index contributed by atoms with van der Waals surface area (Å²) in [5, 5.41) is 22.4. The summed E-state index contributed by atoms with van der Waals surface area (Å²) >= 11 is 6.47. The van der Waals surface area contributed by atoms with E-state index in [4.69, 9.17) is 22.1 Å². The number of ether oxygens (including phenoxy) is 1. The zero-order valence-electron chi connectivity index (χ0n) is 16.7. The molecule has 1 aromatic carbocycles. The summed E-state index contributed by atoms with van der Waals surface area (Å²) in [7, 11) is 0. The fourth-order valence-electron chi connectivity index (χ4n) is 3.54. The third kappa shape index (κ3) is 5.29. The smallest absolute Gasteiger partial charge is 0.414 e. The number of carbonyl (C=O) groups excluding carboxylic acids is 1. The summed E-state index contributed by atoms with van der Waals surface area (Å²) in [5.74, 6) is -0.146. The molecule has 0 bridgehead atoms. The first kappa shape index (κ1) is 22.9. The van der Waals surface area contributed by atoms with Gasteiger partial charge in [0, 0.05) is 5.92 Å². The van der Waals surface area contributed by atoms with Crippen LogP contribution in [0.1, 0.15) is 31.2 Å². The number of nitrogens with zero attached hydrogens (tertiary/aromatic N) is 2. The molecule has 3 atom stereocenters. The van der Waals surface area contributed by atoms with Gasteiger partial charge in [0.15, 0.2) is 0 Å². The lowest BCUT2D eigenvalue weighted by molar-refractivity contribution is 0.143. The van der Waals surface area contributed by atoms with Crippen LogP contribution in [0.25, 0.3) is 0 Å². The molecule has 2 fully saturated rings. The van der Waals surface area contributed by atoms with Gasteiger partial charge in [-0.15, -0.1) is 11.8 Å². The molecule has 2 aliphatic heterocycles. The van der Waals surface area contributed by atoms with Crippen LogP contribution in [0.5, 0.6) is 0 Å². The largest absolute Gasteiger partial charge is 0.442 e. The van der Waals surface area contributed by atoms with Crippen molar-refractivity contribution in [2.75, 3.05) is 36.9 Å². The molecule has 2 heterocycles. The van der Waals surface area contributed by atoms with Crippen molar-refractivity contribution in [3.8, 4) is 0 Å². The van der Waals surface area contributed by atoms with E-state index in [9.17, 15) is 9.90 Å². The average Bonchev–Trinajstić information content (AvgIpc) is 3.11. The van der Waals surface area contributed by atoms with Gasteiger partial charge in [-0.2, -0.15) is 0 Å². The lowest BCUT2D eigenvalue weighted by atomic mass is 9.90. The first-order valence-corrected chi connectivity index (χ1v) is 11.4. The quantitative estimate of drug-likeness (QED) is 0.544. The second-order valence-electron chi connectivity index (χ2n) is 7.07. The molecule has 30 heavy (non-hydrogen) atoms. The topological polar surface area (TPSA) is 94.4 Å². The fourth-order valence-corrected chi connectivity index (χ4v) is 4.63. The molecular weight excluding hydrogens is 429 g/mol. The van der Waals surface area contributed by atoms with Crippen LogP contribution in [0, 0.1) is 5.82 Å². The molecule has 2 unspecified atom stereocenters. The fraction of sp³-hybridized carbons (Fsp3) is 0.550. The SMILES string of the molecule is CCC(=S)NC[C@H]1CN(c2ccc(C3CCSC(O)C3=NCCO)c(F)c2)C(=O)O1. The molecule has 1 amide bonds. The first-order chi connectivity index (χ1) is 14.4. The van der Waals surface area contributed by atoms with Crippen molar-refractivity contribution in [2.45, 2.75) is 37.2 Å². The second-order valence-corrected chi connectivity index (χ2v) is 8.76. The lowest BCUT2D eigenvalue weighted by Gasteiger charge is -2.29. The van der Waals surface area contributed by atoms with Crippen molar-refractivity contribution < 1.29 is 24.1 Å². The maximum Gasteiger partial charge on any atom is 0.414 e. The number of aliphatic hydroxyl groups is 2. The number of rotatable bonds is 7. The highest BCUT2D eigenvalue weighted by atomic mass is 32.2. The summed E-state index contributed by atoms with van der Waals surface area (Å²) in [4.78, 5) is 18.6. The van der Waals surface area contributed by atoms with Gasteiger partial charge in [0.05, 0.1) is 42.6 Å². The van der Waals surface area contributed by atoms with Crippen molar-refractivity contribution in [3.05, 3.63) is 29.6 Å². The number of carbonyl (C=O) groups is 1. The van der Waals surface area contributed by atoms with E-state index in [1.807, 2.05) is 6.92 Å². The maximum absolute atomic E-state index is 15.0. The standard InChI is InChI=1S/C20H26FN3O4S2/c1-2-17(29)23-10-13-11-24(20(27)28-13)12-3-4-14(16(21)9-12)15-5-8-30-19(26)18(15)22-6-7-25/h3-4,9,13,15,19,25-26H,2,5-8,10-11H2,1H3,(H,23,29)/t13-,15?,19?/m0/s1. The molecule has 3 rings (SSSR count). The number of amides is 1. The van der Waals surface area contributed by atoms with E-state index >= 15 is 4.39 Å². The number of thioether (sulfide) groups is 1. The number of benzene rings is 1. The van der Waals surface area contributed by atoms with Gasteiger partial charge < -0.3 is 20.3 Å². The molecule has 0 aromatic heterocycles. The number of hydrogen-bond donors (Lipinski definition) is 3. The Morgan fingerprint density at radius 3 is 3.00 bits per heavy atom. The minimum atomic E-state index is -0.814. The van der Waals surface area contributed by atoms with E-state index in [-0.39, 0.29) is 25.2 Å². The van der Waals surface area contributed by atoms with Gasteiger partial charge in [0.1, 0.15) is 17.4 Å². The van der Waals surface area contributed by atoms with Crippen LogP contribution in [-0.2, 0) is 4.74 Å². The number of anilines is 1. The minimum Gasteiger partial charge on any atom is -0.442 e. The lowest BCUT2D eigenvalue weighted by Crippen LogP contribution is -2.33. The van der Waals surface area contributed by atoms with Gasteiger partial charge in [0.2, 0.25) is 0 Å². The van der Waals surface area contributed by atoms with Crippen molar-refractivity contribution in [1.29, 1.82) is 0 Å². The molecule has 2 saturated heterocycles. The number of nitrogens with one attached hydrogen (secondary N) is 1. The van der Waals surface area contributed by atoms with Gasteiger partial charge >= 0.3 is 6.09 Å². The van der Waals surface area contributed by atoms with Crippen LogP contribution < -0.4 is 10.2 Å². The summed E-state index contributed by atoms with van der Waals surface area (Å²) < 4.78 is 20.4.